The standard InChI is InChI=1S/C25H21N6O5PS.3K.3H/c32-37(33,34)31(38(35)36)20-13-18(14-26-16-20)24-29-22-11-6-10-21(17-7-2-1-3-8-17)23(22)25(30-24)28-15-19-9-4-5-12-27-19;;;;;;/h1-14,16H,15H2,(H,35,36)(H,28,29,30)(H2,32,33,34);;;;;;/q;3*+1;3*-1/p-1. The fourth-order valence-corrected chi connectivity index (χ4v) is 5.33. The first-order valence-electron chi connectivity index (χ1n) is 11.2. The molecule has 16 heteroatoms. The number of benzene rings is 2. The molecule has 3 N–H and O–H groups in total. The molecule has 198 valence electrons. The van der Waals surface area contributed by atoms with Crippen LogP contribution in [0.3, 0.4) is 0 Å². The summed E-state index contributed by atoms with van der Waals surface area (Å²) in [6.07, 6.45) is 4.12. The summed E-state index contributed by atoms with van der Waals surface area (Å²) in [4.78, 5) is 36.8. The van der Waals surface area contributed by atoms with Crippen LogP contribution in [0.5, 0.6) is 0 Å². The van der Waals surface area contributed by atoms with Gasteiger partial charge in [-0.15, -0.1) is 0 Å². The minimum absolute atomic E-state index is 0. The van der Waals surface area contributed by atoms with Crippen molar-refractivity contribution in [2.24, 2.45) is 0 Å². The van der Waals surface area contributed by atoms with E-state index < -0.39 is 19.0 Å². The van der Waals surface area contributed by atoms with E-state index in [9.17, 15) is 23.1 Å². The van der Waals surface area contributed by atoms with Crippen LogP contribution < -0.4 is 164 Å². The third-order valence-corrected chi connectivity index (χ3v) is 7.79. The van der Waals surface area contributed by atoms with Crippen LogP contribution in [0.2, 0.25) is 0 Å². The SMILES string of the molecule is O=S([O-])N(c1cncc(-c2nc(NCc3ccccn3)c3c(-c4ccccc4)cccc3n2)c1)P(=O)(O)O.[H-].[H-].[H-].[K+].[K+].[K+]. The van der Waals surface area contributed by atoms with Crippen molar-refractivity contribution in [3.05, 3.63) is 97.1 Å². The normalized spacial score (nSPS) is 11.4. The zero-order valence-electron chi connectivity index (χ0n) is 25.6. The van der Waals surface area contributed by atoms with E-state index in [4.69, 9.17) is 4.98 Å². The van der Waals surface area contributed by atoms with Crippen LogP contribution in [0.4, 0.5) is 11.5 Å². The molecule has 5 aromatic rings. The molecule has 1 unspecified atom stereocenters. The number of aromatic nitrogens is 4. The molecule has 0 radical (unpaired) electrons. The molecule has 0 spiro atoms. The van der Waals surface area contributed by atoms with E-state index in [1.165, 1.54) is 12.3 Å². The summed E-state index contributed by atoms with van der Waals surface area (Å²) in [6, 6.07) is 22.3. The summed E-state index contributed by atoms with van der Waals surface area (Å²) < 4.78 is 34.9. The number of rotatable bonds is 8. The van der Waals surface area contributed by atoms with Gasteiger partial charge in [-0.3, -0.25) is 14.2 Å². The van der Waals surface area contributed by atoms with Crippen LogP contribution in [-0.4, -0.2) is 38.5 Å². The molecular formula is C25H23K3N6O5PS-. The Morgan fingerprint density at radius 3 is 2.32 bits per heavy atom. The third-order valence-electron chi connectivity index (χ3n) is 5.55. The van der Waals surface area contributed by atoms with Crippen LogP contribution in [0.15, 0.2) is 91.4 Å². The zero-order valence-corrected chi connectivity index (χ0v) is 33.7. The molecule has 3 aromatic heterocycles. The molecule has 41 heavy (non-hydrogen) atoms. The van der Waals surface area contributed by atoms with Crippen molar-refractivity contribution in [2.75, 3.05) is 9.39 Å². The molecule has 0 fully saturated rings. The fraction of sp³-hybridized carbons (Fsp3) is 0.0400. The molecule has 3 heterocycles. The maximum atomic E-state index is 11.8. The van der Waals surface area contributed by atoms with E-state index in [2.05, 4.69) is 20.3 Å². The van der Waals surface area contributed by atoms with Gasteiger partial charge in [-0.1, -0.05) is 48.5 Å². The maximum absolute atomic E-state index is 11.8. The van der Waals surface area contributed by atoms with Crippen molar-refractivity contribution in [2.45, 2.75) is 6.54 Å². The van der Waals surface area contributed by atoms with Gasteiger partial charge in [0.05, 0.1) is 46.3 Å². The van der Waals surface area contributed by atoms with Crippen molar-refractivity contribution < 1.29 is 182 Å². The maximum Gasteiger partial charge on any atom is 1.00 e. The van der Waals surface area contributed by atoms with Crippen LogP contribution in [0.1, 0.15) is 9.97 Å². The number of fused-ring (bicyclic) bond motifs is 1. The Bertz CT molecular complexity index is 1700. The summed E-state index contributed by atoms with van der Waals surface area (Å²) in [7, 11) is -5.18. The third kappa shape index (κ3) is 9.67. The monoisotopic (exact) mass is 667 g/mol. The van der Waals surface area contributed by atoms with Gasteiger partial charge in [-0.05, 0) is 35.4 Å². The average Bonchev–Trinajstić information content (AvgIpc) is 2.91. The molecular weight excluding hydrogens is 645 g/mol. The average molecular weight is 668 g/mol. The van der Waals surface area contributed by atoms with E-state index in [-0.39, 0.29) is 180 Å². The molecule has 5 rings (SSSR count). The predicted octanol–water partition coefficient (Wildman–Crippen LogP) is -4.59. The van der Waals surface area contributed by atoms with Crippen LogP contribution in [0, 0.1) is 0 Å². The van der Waals surface area contributed by atoms with Crippen LogP contribution in [0.25, 0.3) is 33.4 Å². The molecule has 0 aliphatic carbocycles. The summed E-state index contributed by atoms with van der Waals surface area (Å²) in [5, 5.41) is 4.10. The Kier molecular flexibility index (Phi) is 16.3. The van der Waals surface area contributed by atoms with Crippen molar-refractivity contribution in [3.8, 4) is 22.5 Å². The smallest absolute Gasteiger partial charge is 1.00 e. The number of nitrogens with one attached hydrogen (secondary N) is 1. The largest absolute Gasteiger partial charge is 1.00 e. The van der Waals surface area contributed by atoms with Gasteiger partial charge in [0, 0.05) is 18.0 Å². The molecule has 2 aromatic carbocycles. The van der Waals surface area contributed by atoms with E-state index >= 15 is 0 Å². The van der Waals surface area contributed by atoms with Crippen molar-refractivity contribution in [3.63, 3.8) is 0 Å². The first kappa shape index (κ1) is 38.0. The molecule has 0 aliphatic rings. The second-order valence-corrected chi connectivity index (χ2v) is 10.6. The van der Waals surface area contributed by atoms with Gasteiger partial charge in [0.2, 0.25) is 0 Å². The summed E-state index contributed by atoms with van der Waals surface area (Å²) in [6.45, 7) is 0.370. The summed E-state index contributed by atoms with van der Waals surface area (Å²) in [5.74, 6) is 0.683. The van der Waals surface area contributed by atoms with Gasteiger partial charge < -0.3 is 23.9 Å². The van der Waals surface area contributed by atoms with Gasteiger partial charge in [0.15, 0.2) is 5.82 Å². The summed E-state index contributed by atoms with van der Waals surface area (Å²) >= 11 is -3.24. The minimum atomic E-state index is -5.18. The second kappa shape index (κ2) is 17.5. The Balaban J connectivity index is 0. The molecule has 11 nitrogen and oxygen atoms in total. The number of pyridine rings is 2. The van der Waals surface area contributed by atoms with Gasteiger partial charge >= 0.3 is 162 Å². The quantitative estimate of drug-likeness (QED) is 0.0834. The zero-order chi connectivity index (χ0) is 26.7. The van der Waals surface area contributed by atoms with Crippen molar-refractivity contribution >= 4 is 41.4 Å². The van der Waals surface area contributed by atoms with Crippen LogP contribution >= 0.6 is 7.75 Å². The van der Waals surface area contributed by atoms with Gasteiger partial charge in [-0.2, -0.15) is 0 Å². The Hall–Kier alpha value is 0.849. The van der Waals surface area contributed by atoms with Crippen LogP contribution in [-0.2, 0) is 22.4 Å². The number of hydrogen-bond acceptors (Lipinski definition) is 8. The predicted molar refractivity (Wildman–Crippen MR) is 147 cm³/mol. The second-order valence-electron chi connectivity index (χ2n) is 8.07. The number of anilines is 2. The van der Waals surface area contributed by atoms with Crippen molar-refractivity contribution in [1.29, 1.82) is 0 Å². The van der Waals surface area contributed by atoms with E-state index in [1.54, 1.807) is 6.20 Å². The van der Waals surface area contributed by atoms with E-state index in [0.717, 1.165) is 28.4 Å². The minimum Gasteiger partial charge on any atom is -1.00 e. The Morgan fingerprint density at radius 1 is 0.927 bits per heavy atom. The molecule has 1 atom stereocenters. The molecule has 0 saturated carbocycles. The summed E-state index contributed by atoms with van der Waals surface area (Å²) in [5.41, 5.74) is 3.20. The Labute approximate surface area is 371 Å². The topological polar surface area (TPSA) is 164 Å². The number of nitrogens with zero attached hydrogens (tertiary/aromatic N) is 5. The Morgan fingerprint density at radius 2 is 1.66 bits per heavy atom. The molecule has 0 bridgehead atoms. The fourth-order valence-electron chi connectivity index (χ4n) is 3.95. The van der Waals surface area contributed by atoms with E-state index in [1.807, 2.05) is 66.7 Å². The first-order chi connectivity index (χ1) is 18.3. The van der Waals surface area contributed by atoms with Gasteiger partial charge in [-0.25, -0.2) is 18.6 Å². The van der Waals surface area contributed by atoms with E-state index in [0.29, 0.717) is 17.9 Å². The van der Waals surface area contributed by atoms with Crippen molar-refractivity contribution in [1.82, 2.24) is 19.9 Å². The first-order valence-corrected chi connectivity index (χ1v) is 13.8. The molecule has 0 aliphatic heterocycles. The number of hydrogen-bond donors (Lipinski definition) is 3. The molecule has 0 saturated heterocycles. The molecule has 0 amide bonds. The van der Waals surface area contributed by atoms with Gasteiger partial charge in [0.1, 0.15) is 5.82 Å². The van der Waals surface area contributed by atoms with Gasteiger partial charge in [0.25, 0.3) is 0 Å².